The fourth-order valence-electron chi connectivity index (χ4n) is 6.65. The van der Waals surface area contributed by atoms with Crippen LogP contribution in [0.4, 0.5) is 0 Å². The average Bonchev–Trinajstić information content (AvgIpc) is 3.04. The molecule has 0 spiro atoms. The van der Waals surface area contributed by atoms with Crippen LogP contribution in [0.5, 0.6) is 0 Å². The van der Waals surface area contributed by atoms with Crippen LogP contribution in [-0.2, 0) is 0 Å². The molecule has 3 aliphatic carbocycles. The van der Waals surface area contributed by atoms with Crippen LogP contribution in [0.1, 0.15) is 85.5 Å². The molecule has 7 atom stereocenters. The predicted octanol–water partition coefficient (Wildman–Crippen LogP) is 5.56. The maximum Gasteiger partial charge on any atom is 0.0811 e. The Morgan fingerprint density at radius 1 is 1.13 bits per heavy atom. The number of hydrogen-bond donors (Lipinski definition) is 3. The molecule has 0 radical (unpaired) electrons. The number of aliphatic hydroxyl groups is 3. The van der Waals surface area contributed by atoms with Crippen molar-refractivity contribution in [3.05, 3.63) is 35.5 Å². The lowest BCUT2D eigenvalue weighted by Gasteiger charge is -2.44. The van der Waals surface area contributed by atoms with Crippen molar-refractivity contribution in [1.82, 2.24) is 0 Å². The van der Waals surface area contributed by atoms with Gasteiger partial charge in [-0.05, 0) is 91.6 Å². The Morgan fingerprint density at radius 3 is 2.57 bits per heavy atom. The molecule has 3 aliphatic rings. The highest BCUT2D eigenvalue weighted by Gasteiger charge is 2.50. The second-order valence-corrected chi connectivity index (χ2v) is 11.0. The first-order valence-electron chi connectivity index (χ1n) is 12.3. The molecule has 0 heterocycles. The fraction of sp³-hybridized carbons (Fsp3) is 0.778. The van der Waals surface area contributed by atoms with Gasteiger partial charge in [0.15, 0.2) is 0 Å². The van der Waals surface area contributed by atoms with Crippen molar-refractivity contribution in [2.45, 2.75) is 104 Å². The third kappa shape index (κ3) is 4.95. The molecule has 0 aromatic rings. The van der Waals surface area contributed by atoms with Gasteiger partial charge < -0.3 is 15.3 Å². The van der Waals surface area contributed by atoms with Crippen molar-refractivity contribution in [3.63, 3.8) is 0 Å². The second-order valence-electron chi connectivity index (χ2n) is 11.0. The van der Waals surface area contributed by atoms with E-state index in [0.717, 1.165) is 36.3 Å². The molecule has 3 N–H and O–H groups in total. The Morgan fingerprint density at radius 2 is 1.87 bits per heavy atom. The van der Waals surface area contributed by atoms with E-state index in [0.29, 0.717) is 36.0 Å². The molecule has 0 saturated heterocycles. The van der Waals surface area contributed by atoms with Crippen molar-refractivity contribution in [2.75, 3.05) is 0 Å². The molecular formula is C27H44O3. The zero-order chi connectivity index (χ0) is 22.1. The molecular weight excluding hydrogens is 372 g/mol. The van der Waals surface area contributed by atoms with E-state index in [1.165, 1.54) is 25.7 Å². The first kappa shape index (κ1) is 23.8. The quantitative estimate of drug-likeness (QED) is 0.531. The lowest BCUT2D eigenvalue weighted by atomic mass is 9.60. The summed E-state index contributed by atoms with van der Waals surface area (Å²) in [4.78, 5) is 0. The predicted molar refractivity (Wildman–Crippen MR) is 124 cm³/mol. The van der Waals surface area contributed by atoms with Crippen LogP contribution in [0.2, 0.25) is 0 Å². The van der Waals surface area contributed by atoms with Gasteiger partial charge in [0.25, 0.3) is 0 Å². The number of fused-ring (bicyclic) bond motifs is 1. The zero-order valence-corrected chi connectivity index (χ0v) is 19.6. The second kappa shape index (κ2) is 9.71. The highest BCUT2D eigenvalue weighted by Crippen LogP contribution is 2.60. The summed E-state index contributed by atoms with van der Waals surface area (Å²) in [6.07, 6.45) is 12.4. The van der Waals surface area contributed by atoms with E-state index in [1.54, 1.807) is 5.57 Å². The summed E-state index contributed by atoms with van der Waals surface area (Å²) in [6.45, 7) is 13.2. The molecule has 3 saturated carbocycles. The van der Waals surface area contributed by atoms with Crippen LogP contribution in [0.3, 0.4) is 0 Å². The van der Waals surface area contributed by atoms with E-state index < -0.39 is 12.2 Å². The summed E-state index contributed by atoms with van der Waals surface area (Å²) in [7, 11) is 0. The summed E-state index contributed by atoms with van der Waals surface area (Å²) >= 11 is 0. The minimum atomic E-state index is -0.618. The zero-order valence-electron chi connectivity index (χ0n) is 19.6. The van der Waals surface area contributed by atoms with Crippen molar-refractivity contribution in [2.24, 2.45) is 29.1 Å². The van der Waals surface area contributed by atoms with Gasteiger partial charge in [0.2, 0.25) is 0 Å². The summed E-state index contributed by atoms with van der Waals surface area (Å²) in [5.41, 5.74) is 3.69. The molecule has 0 aromatic carbocycles. The molecule has 170 valence electrons. The Hall–Kier alpha value is -0.900. The van der Waals surface area contributed by atoms with Gasteiger partial charge in [-0.1, -0.05) is 52.0 Å². The third-order valence-corrected chi connectivity index (χ3v) is 8.68. The molecule has 3 heteroatoms. The van der Waals surface area contributed by atoms with Crippen molar-refractivity contribution < 1.29 is 15.3 Å². The van der Waals surface area contributed by atoms with Crippen molar-refractivity contribution >= 4 is 0 Å². The van der Waals surface area contributed by atoms with Gasteiger partial charge in [-0.2, -0.15) is 0 Å². The summed E-state index contributed by atoms with van der Waals surface area (Å²) in [5, 5.41) is 30.4. The molecule has 0 aliphatic heterocycles. The third-order valence-electron chi connectivity index (χ3n) is 8.68. The number of hydrogen-bond acceptors (Lipinski definition) is 3. The Labute approximate surface area is 184 Å². The fourth-order valence-corrected chi connectivity index (χ4v) is 6.65. The van der Waals surface area contributed by atoms with Gasteiger partial charge in [-0.3, -0.25) is 0 Å². The lowest BCUT2D eigenvalue weighted by Crippen LogP contribution is -2.36. The number of allylic oxidation sites excluding steroid dienone is 3. The smallest absolute Gasteiger partial charge is 0.0811 e. The Kier molecular flexibility index (Phi) is 7.69. The number of rotatable bonds is 6. The Bertz CT molecular complexity index is 676. The summed E-state index contributed by atoms with van der Waals surface area (Å²) < 4.78 is 0. The SMILES string of the molecule is C=C1/C(=C\C=C2/CCC[C@]3(C)[C@@H]2CC[C@H]3[C@@H](C)CC[C@H](O)C(C)C)C[C@H](O)C[C@H]1O. The van der Waals surface area contributed by atoms with Crippen molar-refractivity contribution in [1.29, 1.82) is 0 Å². The topological polar surface area (TPSA) is 60.7 Å². The van der Waals surface area contributed by atoms with Crippen LogP contribution in [0.15, 0.2) is 35.5 Å². The van der Waals surface area contributed by atoms with Crippen LogP contribution in [-0.4, -0.2) is 33.6 Å². The van der Waals surface area contributed by atoms with Crippen LogP contribution in [0, 0.1) is 29.1 Å². The first-order valence-corrected chi connectivity index (χ1v) is 12.3. The Balaban J connectivity index is 1.72. The lowest BCUT2D eigenvalue weighted by molar-refractivity contribution is 0.0717. The van der Waals surface area contributed by atoms with Gasteiger partial charge in [0.1, 0.15) is 0 Å². The normalized spacial score (nSPS) is 39.5. The van der Waals surface area contributed by atoms with Gasteiger partial charge in [-0.25, -0.2) is 0 Å². The monoisotopic (exact) mass is 416 g/mol. The first-order chi connectivity index (χ1) is 14.1. The summed E-state index contributed by atoms with van der Waals surface area (Å²) in [5.74, 6) is 2.35. The van der Waals surface area contributed by atoms with Crippen molar-refractivity contribution in [3.8, 4) is 0 Å². The standard InChI is InChI=1S/C27H44O3/c1-17(2)25(29)13-8-18(3)23-11-12-24-20(7-6-14-27(23,24)5)9-10-21-15-22(28)16-26(30)19(21)4/h9-10,17-18,22-26,28-30H,4,6-8,11-16H2,1-3,5H3/b20-9+,21-10-/t18-,22-,23-,24+,25-,26+,27-/m0/s1. The molecule has 0 amide bonds. The minimum Gasteiger partial charge on any atom is -0.393 e. The van der Waals surface area contributed by atoms with E-state index in [-0.39, 0.29) is 6.10 Å². The molecule has 0 aromatic heterocycles. The van der Waals surface area contributed by atoms with Crippen LogP contribution >= 0.6 is 0 Å². The maximum absolute atomic E-state index is 10.3. The average molecular weight is 417 g/mol. The van der Waals surface area contributed by atoms with E-state index in [9.17, 15) is 15.3 Å². The largest absolute Gasteiger partial charge is 0.393 e. The van der Waals surface area contributed by atoms with Crippen LogP contribution < -0.4 is 0 Å². The molecule has 0 bridgehead atoms. The van der Waals surface area contributed by atoms with Gasteiger partial charge >= 0.3 is 0 Å². The van der Waals surface area contributed by atoms with Crippen LogP contribution in [0.25, 0.3) is 0 Å². The molecule has 0 unspecified atom stereocenters. The molecule has 30 heavy (non-hydrogen) atoms. The summed E-state index contributed by atoms with van der Waals surface area (Å²) in [6, 6.07) is 0. The van der Waals surface area contributed by atoms with E-state index in [4.69, 9.17) is 0 Å². The highest BCUT2D eigenvalue weighted by atomic mass is 16.3. The maximum atomic E-state index is 10.3. The van der Waals surface area contributed by atoms with Gasteiger partial charge in [0, 0.05) is 6.42 Å². The van der Waals surface area contributed by atoms with Gasteiger partial charge in [0.05, 0.1) is 18.3 Å². The van der Waals surface area contributed by atoms with E-state index >= 15 is 0 Å². The molecule has 3 nitrogen and oxygen atoms in total. The van der Waals surface area contributed by atoms with Gasteiger partial charge in [-0.15, -0.1) is 0 Å². The molecule has 3 fully saturated rings. The highest BCUT2D eigenvalue weighted by molar-refractivity contribution is 5.38. The van der Waals surface area contributed by atoms with E-state index in [2.05, 4.69) is 46.4 Å². The minimum absolute atomic E-state index is 0.180. The molecule has 3 rings (SSSR count). The number of aliphatic hydroxyl groups excluding tert-OH is 3. The van der Waals surface area contributed by atoms with E-state index in [1.807, 2.05) is 0 Å².